The van der Waals surface area contributed by atoms with Crippen molar-refractivity contribution >= 4 is 23.3 Å². The molecule has 0 radical (unpaired) electrons. The van der Waals surface area contributed by atoms with Crippen LogP contribution in [-0.4, -0.2) is 35.9 Å². The van der Waals surface area contributed by atoms with Crippen LogP contribution in [0.1, 0.15) is 34.8 Å². The lowest BCUT2D eigenvalue weighted by atomic mass is 9.71. The van der Waals surface area contributed by atoms with Crippen molar-refractivity contribution in [3.63, 3.8) is 0 Å². The lowest BCUT2D eigenvalue weighted by Crippen LogP contribution is -2.50. The quantitative estimate of drug-likeness (QED) is 0.824. The molecule has 2 aromatic rings. The molecule has 1 N–H and O–H groups in total. The second-order valence-electron chi connectivity index (χ2n) is 7.09. The summed E-state index contributed by atoms with van der Waals surface area (Å²) in [7, 11) is 0. The first-order valence-corrected chi connectivity index (χ1v) is 9.40. The SMILES string of the molecule is CCOC(=O)CN1C(=O)[C@](O)([C@H]2CCc3ccccc3C2=O)c2ccccc21. The van der Waals surface area contributed by atoms with Crippen molar-refractivity contribution in [1.29, 1.82) is 0 Å². The Balaban J connectivity index is 1.76. The summed E-state index contributed by atoms with van der Waals surface area (Å²) in [4.78, 5) is 39.7. The van der Waals surface area contributed by atoms with Crippen LogP contribution in [0.5, 0.6) is 0 Å². The third-order valence-electron chi connectivity index (χ3n) is 5.58. The predicted molar refractivity (Wildman–Crippen MR) is 102 cm³/mol. The second kappa shape index (κ2) is 6.87. The topological polar surface area (TPSA) is 83.9 Å². The fraction of sp³-hybridized carbons (Fsp3) is 0.318. The summed E-state index contributed by atoms with van der Waals surface area (Å²) in [6.45, 7) is 1.58. The first-order chi connectivity index (χ1) is 13.5. The molecule has 6 nitrogen and oxygen atoms in total. The Morgan fingerprint density at radius 1 is 1.18 bits per heavy atom. The van der Waals surface area contributed by atoms with Crippen LogP contribution in [0.3, 0.4) is 0 Å². The second-order valence-corrected chi connectivity index (χ2v) is 7.09. The molecule has 0 saturated heterocycles. The van der Waals surface area contributed by atoms with E-state index in [0.717, 1.165) is 5.56 Å². The summed E-state index contributed by atoms with van der Waals surface area (Å²) in [5, 5.41) is 11.6. The van der Waals surface area contributed by atoms with Gasteiger partial charge < -0.3 is 9.84 Å². The zero-order valence-corrected chi connectivity index (χ0v) is 15.6. The fourth-order valence-electron chi connectivity index (χ4n) is 4.29. The molecule has 1 amide bonds. The zero-order valence-electron chi connectivity index (χ0n) is 15.6. The van der Waals surface area contributed by atoms with E-state index in [4.69, 9.17) is 4.74 Å². The number of fused-ring (bicyclic) bond motifs is 2. The molecule has 0 aromatic heterocycles. The van der Waals surface area contributed by atoms with Crippen LogP contribution >= 0.6 is 0 Å². The minimum Gasteiger partial charge on any atom is -0.465 e. The predicted octanol–water partition coefficient (Wildman–Crippen LogP) is 2.23. The molecule has 1 heterocycles. The van der Waals surface area contributed by atoms with Crippen LogP contribution in [0, 0.1) is 5.92 Å². The molecular formula is C22H21NO5. The Labute approximate surface area is 162 Å². The van der Waals surface area contributed by atoms with E-state index in [1.54, 1.807) is 43.3 Å². The fourth-order valence-corrected chi connectivity index (χ4v) is 4.29. The van der Waals surface area contributed by atoms with Crippen LogP contribution in [0.15, 0.2) is 48.5 Å². The molecule has 4 rings (SSSR count). The number of anilines is 1. The number of aryl methyl sites for hydroxylation is 1. The number of hydrogen-bond acceptors (Lipinski definition) is 5. The standard InChI is InChI=1S/C22H21NO5/c1-2-28-19(24)13-23-18-10-6-5-9-16(18)22(27,21(23)26)17-12-11-14-7-3-4-8-15(14)20(17)25/h3-10,17,27H,2,11-13H2,1H3/t17-,22+/m0/s1. The Bertz CT molecular complexity index is 969. The number of carbonyl (C=O) groups is 3. The van der Waals surface area contributed by atoms with E-state index in [1.165, 1.54) is 4.90 Å². The molecule has 2 aromatic carbocycles. The maximum Gasteiger partial charge on any atom is 0.326 e. The van der Waals surface area contributed by atoms with Crippen LogP contribution in [0.4, 0.5) is 5.69 Å². The Morgan fingerprint density at radius 2 is 1.89 bits per heavy atom. The molecule has 0 unspecified atom stereocenters. The smallest absolute Gasteiger partial charge is 0.326 e. The Kier molecular flexibility index (Phi) is 4.51. The highest BCUT2D eigenvalue weighted by molar-refractivity contribution is 6.13. The molecule has 144 valence electrons. The van der Waals surface area contributed by atoms with Gasteiger partial charge in [-0.1, -0.05) is 42.5 Å². The summed E-state index contributed by atoms with van der Waals surface area (Å²) in [5.74, 6) is -2.36. The highest BCUT2D eigenvalue weighted by atomic mass is 16.5. The third kappa shape index (κ3) is 2.64. The summed E-state index contributed by atoms with van der Waals surface area (Å²) >= 11 is 0. The highest BCUT2D eigenvalue weighted by Gasteiger charge is 2.57. The van der Waals surface area contributed by atoms with E-state index in [9.17, 15) is 19.5 Å². The number of amides is 1. The van der Waals surface area contributed by atoms with Crippen molar-refractivity contribution in [3.05, 3.63) is 65.2 Å². The number of hydrogen-bond donors (Lipinski definition) is 1. The summed E-state index contributed by atoms with van der Waals surface area (Å²) in [5.41, 5.74) is 0.278. The van der Waals surface area contributed by atoms with Gasteiger partial charge in [0.05, 0.1) is 18.2 Å². The molecule has 28 heavy (non-hydrogen) atoms. The molecule has 6 heteroatoms. The van der Waals surface area contributed by atoms with Gasteiger partial charge >= 0.3 is 5.97 Å². The zero-order chi connectivity index (χ0) is 19.9. The Morgan fingerprint density at radius 3 is 2.68 bits per heavy atom. The molecule has 1 aliphatic carbocycles. The molecule has 0 saturated carbocycles. The lowest BCUT2D eigenvalue weighted by molar-refractivity contribution is -0.146. The maximum atomic E-state index is 13.3. The number of esters is 1. The van der Waals surface area contributed by atoms with E-state index in [-0.39, 0.29) is 18.9 Å². The maximum absolute atomic E-state index is 13.3. The minimum atomic E-state index is -1.99. The van der Waals surface area contributed by atoms with Gasteiger partial charge in [-0.25, -0.2) is 0 Å². The van der Waals surface area contributed by atoms with Crippen LogP contribution < -0.4 is 4.90 Å². The number of rotatable bonds is 4. The van der Waals surface area contributed by atoms with Gasteiger partial charge in [0.25, 0.3) is 5.91 Å². The number of benzene rings is 2. The van der Waals surface area contributed by atoms with Gasteiger partial charge in [0, 0.05) is 11.1 Å². The Hall–Kier alpha value is -2.99. The first kappa shape index (κ1) is 18.4. The summed E-state index contributed by atoms with van der Waals surface area (Å²) < 4.78 is 4.97. The third-order valence-corrected chi connectivity index (χ3v) is 5.58. The first-order valence-electron chi connectivity index (χ1n) is 9.40. The minimum absolute atomic E-state index is 0.199. The van der Waals surface area contributed by atoms with Gasteiger partial charge in [0.1, 0.15) is 6.54 Å². The molecule has 2 aliphatic rings. The van der Waals surface area contributed by atoms with E-state index in [2.05, 4.69) is 0 Å². The van der Waals surface area contributed by atoms with Gasteiger partial charge in [-0.05, 0) is 31.4 Å². The highest BCUT2D eigenvalue weighted by Crippen LogP contribution is 2.48. The van der Waals surface area contributed by atoms with Crippen molar-refractivity contribution in [2.24, 2.45) is 5.92 Å². The number of para-hydroxylation sites is 1. The molecule has 1 aliphatic heterocycles. The van der Waals surface area contributed by atoms with Crippen LogP contribution in [0.2, 0.25) is 0 Å². The molecule has 0 fully saturated rings. The van der Waals surface area contributed by atoms with Gasteiger partial charge in [0.15, 0.2) is 11.4 Å². The van der Waals surface area contributed by atoms with E-state index in [1.807, 2.05) is 12.1 Å². The van der Waals surface area contributed by atoms with E-state index >= 15 is 0 Å². The largest absolute Gasteiger partial charge is 0.465 e. The molecule has 0 bridgehead atoms. The monoisotopic (exact) mass is 379 g/mol. The lowest BCUT2D eigenvalue weighted by Gasteiger charge is -2.34. The summed E-state index contributed by atoms with van der Waals surface area (Å²) in [6, 6.07) is 14.0. The average molecular weight is 379 g/mol. The van der Waals surface area contributed by atoms with Crippen molar-refractivity contribution in [1.82, 2.24) is 0 Å². The number of ketones is 1. The van der Waals surface area contributed by atoms with Crippen molar-refractivity contribution in [2.75, 3.05) is 18.1 Å². The van der Waals surface area contributed by atoms with Crippen molar-refractivity contribution in [3.8, 4) is 0 Å². The van der Waals surface area contributed by atoms with Gasteiger partial charge in [-0.15, -0.1) is 0 Å². The molecular weight excluding hydrogens is 358 g/mol. The van der Waals surface area contributed by atoms with Crippen molar-refractivity contribution in [2.45, 2.75) is 25.4 Å². The normalized spacial score (nSPS) is 23.4. The van der Waals surface area contributed by atoms with E-state index in [0.29, 0.717) is 29.7 Å². The van der Waals surface area contributed by atoms with Crippen LogP contribution in [-0.2, 0) is 26.3 Å². The van der Waals surface area contributed by atoms with Gasteiger partial charge in [0.2, 0.25) is 0 Å². The average Bonchev–Trinajstić information content (AvgIpc) is 2.91. The number of ether oxygens (including phenoxy) is 1. The summed E-state index contributed by atoms with van der Waals surface area (Å²) in [6.07, 6.45) is 0.960. The number of aliphatic hydroxyl groups is 1. The van der Waals surface area contributed by atoms with E-state index < -0.39 is 23.4 Å². The van der Waals surface area contributed by atoms with Crippen molar-refractivity contribution < 1.29 is 24.2 Å². The molecule has 0 spiro atoms. The van der Waals surface area contributed by atoms with Crippen LogP contribution in [0.25, 0.3) is 0 Å². The number of nitrogens with zero attached hydrogens (tertiary/aromatic N) is 1. The number of carbonyl (C=O) groups excluding carboxylic acids is 3. The van der Waals surface area contributed by atoms with Gasteiger partial charge in [-0.3, -0.25) is 19.3 Å². The molecule has 2 atom stereocenters. The van der Waals surface area contributed by atoms with Gasteiger partial charge in [-0.2, -0.15) is 0 Å². The number of Topliss-reactive ketones (excluding diaryl/α,β-unsaturated/α-hetero) is 1.